The van der Waals surface area contributed by atoms with E-state index in [-0.39, 0.29) is 0 Å². The molecule has 1 aliphatic heterocycles. The van der Waals surface area contributed by atoms with Crippen molar-refractivity contribution in [1.29, 1.82) is 0 Å². The van der Waals surface area contributed by atoms with Gasteiger partial charge in [0.1, 0.15) is 0 Å². The number of benzene rings is 1. The second kappa shape index (κ2) is 9.66. The topological polar surface area (TPSA) is 73.1 Å². The van der Waals surface area contributed by atoms with Crippen LogP contribution in [0.3, 0.4) is 0 Å². The van der Waals surface area contributed by atoms with Gasteiger partial charge in [-0.25, -0.2) is 0 Å². The predicted octanol–water partition coefficient (Wildman–Crippen LogP) is 3.21. The number of ether oxygens (including phenoxy) is 3. The summed E-state index contributed by atoms with van der Waals surface area (Å²) in [6.45, 7) is 4.98. The zero-order chi connectivity index (χ0) is 20.9. The highest BCUT2D eigenvalue weighted by Gasteiger charge is 2.26. The van der Waals surface area contributed by atoms with Crippen molar-refractivity contribution < 1.29 is 18.7 Å². The summed E-state index contributed by atoms with van der Waals surface area (Å²) in [7, 11) is 4.77. The Balaban J connectivity index is 1.40. The highest BCUT2D eigenvalue weighted by molar-refractivity contribution is 5.71. The van der Waals surface area contributed by atoms with Crippen LogP contribution >= 0.6 is 0 Å². The van der Waals surface area contributed by atoms with Crippen molar-refractivity contribution in [2.45, 2.75) is 44.7 Å². The molecule has 1 aromatic carbocycles. The summed E-state index contributed by atoms with van der Waals surface area (Å²) in [5.41, 5.74) is 0.715. The normalized spacial score (nSPS) is 19.0. The maximum Gasteiger partial charge on any atom is 0.241 e. The third kappa shape index (κ3) is 4.39. The maximum atomic E-state index is 5.55. The van der Waals surface area contributed by atoms with Crippen LogP contribution in [0.15, 0.2) is 16.7 Å². The first kappa shape index (κ1) is 20.9. The summed E-state index contributed by atoms with van der Waals surface area (Å²) in [5, 5.41) is 4.18. The van der Waals surface area contributed by atoms with Crippen molar-refractivity contribution >= 4 is 0 Å². The molecule has 2 fully saturated rings. The highest BCUT2D eigenvalue weighted by atomic mass is 16.5. The van der Waals surface area contributed by atoms with Gasteiger partial charge in [0, 0.05) is 32.2 Å². The van der Waals surface area contributed by atoms with Gasteiger partial charge in [0.15, 0.2) is 11.5 Å². The Bertz CT molecular complexity index is 827. The van der Waals surface area contributed by atoms with Crippen LogP contribution in [0.5, 0.6) is 17.2 Å². The Labute approximate surface area is 178 Å². The van der Waals surface area contributed by atoms with E-state index in [0.717, 1.165) is 32.2 Å². The molecule has 2 aliphatic rings. The molecule has 2 aromatic rings. The Morgan fingerprint density at radius 3 is 2.33 bits per heavy atom. The van der Waals surface area contributed by atoms with Crippen molar-refractivity contribution in [3.8, 4) is 28.6 Å². The summed E-state index contributed by atoms with van der Waals surface area (Å²) < 4.78 is 21.9. The second-order valence-corrected chi connectivity index (χ2v) is 8.00. The molecular weight excluding hydrogens is 384 g/mol. The Morgan fingerprint density at radius 2 is 1.67 bits per heavy atom. The molecule has 1 aliphatic carbocycles. The van der Waals surface area contributed by atoms with E-state index >= 15 is 0 Å². The molecule has 8 nitrogen and oxygen atoms in total. The first-order valence-electron chi connectivity index (χ1n) is 10.8. The molecule has 0 amide bonds. The molecule has 0 unspecified atom stereocenters. The van der Waals surface area contributed by atoms with Crippen molar-refractivity contribution in [1.82, 2.24) is 19.9 Å². The fraction of sp³-hybridized carbons (Fsp3) is 0.636. The molecule has 0 spiro atoms. The summed E-state index contributed by atoms with van der Waals surface area (Å²) in [6, 6.07) is 4.46. The van der Waals surface area contributed by atoms with Crippen molar-refractivity contribution in [2.24, 2.45) is 0 Å². The first-order chi connectivity index (χ1) is 14.7. The van der Waals surface area contributed by atoms with E-state index in [2.05, 4.69) is 19.9 Å². The molecule has 1 saturated carbocycles. The number of hydrogen-bond donors (Lipinski definition) is 0. The Hall–Kier alpha value is -2.32. The highest BCUT2D eigenvalue weighted by Crippen LogP contribution is 2.43. The van der Waals surface area contributed by atoms with E-state index in [1.54, 1.807) is 21.3 Å². The van der Waals surface area contributed by atoms with E-state index in [1.807, 2.05) is 12.1 Å². The maximum absolute atomic E-state index is 5.55. The van der Waals surface area contributed by atoms with Crippen LogP contribution in [-0.2, 0) is 6.54 Å². The number of hydrogen-bond acceptors (Lipinski definition) is 8. The van der Waals surface area contributed by atoms with Crippen LogP contribution in [0.25, 0.3) is 11.4 Å². The third-order valence-electron chi connectivity index (χ3n) is 6.27. The van der Waals surface area contributed by atoms with Gasteiger partial charge in [-0.15, -0.1) is 0 Å². The van der Waals surface area contributed by atoms with Crippen LogP contribution < -0.4 is 14.2 Å². The molecule has 8 heteroatoms. The molecule has 0 radical (unpaired) electrons. The summed E-state index contributed by atoms with van der Waals surface area (Å²) >= 11 is 0. The van der Waals surface area contributed by atoms with Gasteiger partial charge in [-0.2, -0.15) is 4.98 Å². The molecule has 1 saturated heterocycles. The predicted molar refractivity (Wildman–Crippen MR) is 113 cm³/mol. The van der Waals surface area contributed by atoms with E-state index < -0.39 is 0 Å². The van der Waals surface area contributed by atoms with Crippen LogP contribution in [0.4, 0.5) is 0 Å². The number of aromatic nitrogens is 2. The lowest BCUT2D eigenvalue weighted by Crippen LogP contribution is -2.50. The number of nitrogens with zero attached hydrogens (tertiary/aromatic N) is 4. The van der Waals surface area contributed by atoms with Crippen molar-refractivity contribution in [3.05, 3.63) is 18.0 Å². The fourth-order valence-corrected chi connectivity index (χ4v) is 4.63. The molecule has 1 aromatic heterocycles. The molecule has 2 heterocycles. The van der Waals surface area contributed by atoms with Gasteiger partial charge in [-0.05, 0) is 25.0 Å². The third-order valence-corrected chi connectivity index (χ3v) is 6.27. The van der Waals surface area contributed by atoms with Crippen molar-refractivity contribution in [2.75, 3.05) is 47.5 Å². The standard InChI is InChI=1S/C22H32N4O4/c1-27-18-10-9-17(20(28-2)21(18)29-3)22-23-19(30-24-22)15-25-11-13-26(14-12-25)16-7-5-4-6-8-16/h9-10,16H,4-8,11-15H2,1-3H3. The van der Waals surface area contributed by atoms with Gasteiger partial charge < -0.3 is 18.7 Å². The summed E-state index contributed by atoms with van der Waals surface area (Å²) in [6.07, 6.45) is 6.89. The average Bonchev–Trinajstić information content (AvgIpc) is 3.27. The summed E-state index contributed by atoms with van der Waals surface area (Å²) in [5.74, 6) is 2.75. The molecule has 0 bridgehead atoms. The van der Waals surface area contributed by atoms with Gasteiger partial charge in [0.05, 0.1) is 33.4 Å². The van der Waals surface area contributed by atoms with Crippen LogP contribution in [0.2, 0.25) is 0 Å². The average molecular weight is 417 g/mol. The molecular formula is C22H32N4O4. The monoisotopic (exact) mass is 416 g/mol. The Morgan fingerprint density at radius 1 is 0.933 bits per heavy atom. The lowest BCUT2D eigenvalue weighted by atomic mass is 9.94. The van der Waals surface area contributed by atoms with E-state index in [9.17, 15) is 0 Å². The number of piperazine rings is 1. The van der Waals surface area contributed by atoms with Crippen LogP contribution in [0.1, 0.15) is 38.0 Å². The molecule has 30 heavy (non-hydrogen) atoms. The van der Waals surface area contributed by atoms with Gasteiger partial charge in [0.25, 0.3) is 0 Å². The van der Waals surface area contributed by atoms with Crippen molar-refractivity contribution in [3.63, 3.8) is 0 Å². The summed E-state index contributed by atoms with van der Waals surface area (Å²) in [4.78, 5) is 9.67. The molecule has 0 atom stereocenters. The minimum atomic E-state index is 0.489. The minimum absolute atomic E-state index is 0.489. The lowest BCUT2D eigenvalue weighted by Gasteiger charge is -2.40. The zero-order valence-electron chi connectivity index (χ0n) is 18.2. The van der Waals surface area contributed by atoms with E-state index in [1.165, 1.54) is 32.1 Å². The zero-order valence-corrected chi connectivity index (χ0v) is 18.2. The molecule has 0 N–H and O–H groups in total. The second-order valence-electron chi connectivity index (χ2n) is 8.00. The SMILES string of the molecule is COc1ccc(-c2noc(CN3CCN(C4CCCCC4)CC3)n2)c(OC)c1OC. The largest absolute Gasteiger partial charge is 0.493 e. The van der Waals surface area contributed by atoms with Crippen LogP contribution in [0, 0.1) is 0 Å². The van der Waals surface area contributed by atoms with Gasteiger partial charge in [-0.3, -0.25) is 9.80 Å². The minimum Gasteiger partial charge on any atom is -0.493 e. The Kier molecular flexibility index (Phi) is 6.74. The fourth-order valence-electron chi connectivity index (χ4n) is 4.63. The smallest absolute Gasteiger partial charge is 0.241 e. The van der Waals surface area contributed by atoms with E-state index in [4.69, 9.17) is 18.7 Å². The van der Waals surface area contributed by atoms with Gasteiger partial charge >= 0.3 is 0 Å². The van der Waals surface area contributed by atoms with Crippen LogP contribution in [-0.4, -0.2) is 73.5 Å². The number of methoxy groups -OCH3 is 3. The lowest BCUT2D eigenvalue weighted by molar-refractivity contribution is 0.0702. The van der Waals surface area contributed by atoms with Gasteiger partial charge in [-0.1, -0.05) is 24.4 Å². The van der Waals surface area contributed by atoms with Gasteiger partial charge in [0.2, 0.25) is 17.5 Å². The molecule has 164 valence electrons. The molecule has 4 rings (SSSR count). The first-order valence-corrected chi connectivity index (χ1v) is 10.8. The number of rotatable bonds is 7. The quantitative estimate of drug-likeness (QED) is 0.681. The van der Waals surface area contributed by atoms with E-state index in [0.29, 0.717) is 41.1 Å².